The summed E-state index contributed by atoms with van der Waals surface area (Å²) in [5.41, 5.74) is 23.8. The second-order valence-corrected chi connectivity index (χ2v) is 10.7. The Morgan fingerprint density at radius 1 is 1.00 bits per heavy atom. The molecule has 16 heteroatoms. The third kappa shape index (κ3) is 7.84. The quantitative estimate of drug-likeness (QED) is 0.102. The highest BCUT2D eigenvalue weighted by atomic mass is 16.7. The molecule has 16 nitrogen and oxygen atoms in total. The van der Waals surface area contributed by atoms with E-state index in [-0.39, 0.29) is 32.0 Å². The zero-order valence-corrected chi connectivity index (χ0v) is 22.8. The lowest BCUT2D eigenvalue weighted by Crippen LogP contribution is -2.69. The van der Waals surface area contributed by atoms with Gasteiger partial charge < -0.3 is 78.0 Å². The molecule has 1 amide bonds. The molecule has 2 saturated heterocycles. The van der Waals surface area contributed by atoms with E-state index in [1.54, 1.807) is 6.92 Å². The van der Waals surface area contributed by atoms with Gasteiger partial charge in [0, 0.05) is 12.6 Å². The first kappa shape index (κ1) is 33.4. The molecule has 14 atom stereocenters. The van der Waals surface area contributed by atoms with Gasteiger partial charge in [-0.05, 0) is 38.8 Å². The zero-order chi connectivity index (χ0) is 29.6. The number of aliphatic hydroxyl groups is 5. The van der Waals surface area contributed by atoms with E-state index in [0.717, 1.165) is 0 Å². The van der Waals surface area contributed by atoms with E-state index >= 15 is 0 Å². The third-order valence-corrected chi connectivity index (χ3v) is 7.76. The molecule has 6 unspecified atom stereocenters. The lowest BCUT2D eigenvalue weighted by molar-refractivity contribution is -0.316. The first-order chi connectivity index (χ1) is 19.1. The van der Waals surface area contributed by atoms with Crippen molar-refractivity contribution in [2.75, 3.05) is 26.2 Å². The van der Waals surface area contributed by atoms with Crippen molar-refractivity contribution in [1.29, 1.82) is 0 Å². The molecule has 0 bridgehead atoms. The van der Waals surface area contributed by atoms with Crippen LogP contribution < -0.4 is 33.6 Å². The summed E-state index contributed by atoms with van der Waals surface area (Å²) >= 11 is 0. The second-order valence-electron chi connectivity index (χ2n) is 10.7. The summed E-state index contributed by atoms with van der Waals surface area (Å²) in [6.45, 7) is 1.94. The van der Waals surface area contributed by atoms with Crippen molar-refractivity contribution in [2.45, 2.75) is 118 Å². The van der Waals surface area contributed by atoms with Crippen LogP contribution in [0.4, 0.5) is 0 Å². The van der Waals surface area contributed by atoms with Crippen molar-refractivity contribution in [3.63, 3.8) is 0 Å². The number of rotatable bonds is 12. The molecule has 0 spiro atoms. The number of nitrogens with one attached hydrogen (secondary N) is 2. The van der Waals surface area contributed by atoms with Crippen LogP contribution in [-0.2, 0) is 23.7 Å². The van der Waals surface area contributed by atoms with Gasteiger partial charge in [0.25, 0.3) is 0 Å². The van der Waals surface area contributed by atoms with E-state index in [0.29, 0.717) is 19.4 Å². The van der Waals surface area contributed by atoms with E-state index in [1.807, 2.05) is 0 Å². The molecule has 15 N–H and O–H groups in total. The molecular weight excluding hydrogens is 532 g/mol. The maximum absolute atomic E-state index is 12.7. The van der Waals surface area contributed by atoms with Crippen LogP contribution in [0.15, 0.2) is 0 Å². The lowest BCUT2D eigenvalue weighted by Gasteiger charge is -2.48. The van der Waals surface area contributed by atoms with Gasteiger partial charge in [0.15, 0.2) is 12.6 Å². The highest BCUT2D eigenvalue weighted by Gasteiger charge is 2.51. The average Bonchev–Trinajstić information content (AvgIpc) is 2.93. The largest absolute Gasteiger partial charge is 0.394 e. The van der Waals surface area contributed by atoms with Gasteiger partial charge in [-0.15, -0.1) is 0 Å². The minimum atomic E-state index is -1.48. The number of carbonyl (C=O) groups is 1. The van der Waals surface area contributed by atoms with Gasteiger partial charge in [0.2, 0.25) is 5.91 Å². The molecule has 40 heavy (non-hydrogen) atoms. The van der Waals surface area contributed by atoms with Crippen LogP contribution in [0.2, 0.25) is 0 Å². The minimum Gasteiger partial charge on any atom is -0.394 e. The van der Waals surface area contributed by atoms with Gasteiger partial charge in [0.1, 0.15) is 42.7 Å². The van der Waals surface area contributed by atoms with Gasteiger partial charge >= 0.3 is 0 Å². The average molecular weight is 581 g/mol. The standard InChI is InChI=1S/C24H48N6O10/c1-2-29-16-17(33)15(9-31)38-24(18(16)34)40-21-13(30-22(36)14(32)5-6-25)7-12(28)20(19(21)35)39-23-11(27)4-3-10(8-26)37-23/h10-21,23-24,29,31-35H,2-9,25-28H2,1H3,(H,30,36)/t10?,11?,12-,13+,14-,15?,16-,17-,18?,19?,20?,21+,23-,24-/m0/s1. The van der Waals surface area contributed by atoms with Crippen LogP contribution in [0, 0.1) is 0 Å². The monoisotopic (exact) mass is 580 g/mol. The number of nitrogens with two attached hydrogens (primary N) is 4. The summed E-state index contributed by atoms with van der Waals surface area (Å²) in [4.78, 5) is 12.7. The predicted octanol–water partition coefficient (Wildman–Crippen LogP) is -5.75. The van der Waals surface area contributed by atoms with Crippen LogP contribution in [0.1, 0.15) is 32.6 Å². The number of carbonyl (C=O) groups excluding carboxylic acids is 1. The fourth-order valence-electron chi connectivity index (χ4n) is 5.47. The van der Waals surface area contributed by atoms with Crippen molar-refractivity contribution in [2.24, 2.45) is 22.9 Å². The molecule has 3 fully saturated rings. The number of ether oxygens (including phenoxy) is 4. The van der Waals surface area contributed by atoms with Crippen LogP contribution in [0.5, 0.6) is 0 Å². The van der Waals surface area contributed by atoms with Gasteiger partial charge in [-0.25, -0.2) is 0 Å². The van der Waals surface area contributed by atoms with Crippen molar-refractivity contribution in [3.05, 3.63) is 0 Å². The van der Waals surface area contributed by atoms with Gasteiger partial charge in [-0.1, -0.05) is 6.92 Å². The van der Waals surface area contributed by atoms with Crippen molar-refractivity contribution < 1.29 is 49.3 Å². The molecule has 0 aromatic heterocycles. The molecule has 0 aromatic rings. The molecule has 3 aliphatic rings. The van der Waals surface area contributed by atoms with Crippen LogP contribution in [0.3, 0.4) is 0 Å². The SMILES string of the molecule is CCN[C@@H]1C(O)[C@H](O[C@H]2C(O)C(O[C@@H]3OC(CN)CCC3N)[C@@H](N)C[C@H]2NC(=O)[C@@H](O)CCN)OC(CO)[C@@H]1O. The maximum Gasteiger partial charge on any atom is 0.249 e. The molecular formula is C24H48N6O10. The van der Waals surface area contributed by atoms with Crippen LogP contribution in [0.25, 0.3) is 0 Å². The first-order valence-corrected chi connectivity index (χ1v) is 14.0. The number of hydrogen-bond donors (Lipinski definition) is 11. The Kier molecular flexibility index (Phi) is 12.9. The van der Waals surface area contributed by atoms with E-state index in [4.69, 9.17) is 41.9 Å². The van der Waals surface area contributed by atoms with Gasteiger partial charge in [0.05, 0.1) is 30.8 Å². The molecule has 0 aromatic carbocycles. The Labute approximate surface area is 233 Å². The molecule has 1 saturated carbocycles. The number of aliphatic hydroxyl groups excluding tert-OH is 5. The van der Waals surface area contributed by atoms with E-state index < -0.39 is 92.0 Å². The predicted molar refractivity (Wildman–Crippen MR) is 140 cm³/mol. The van der Waals surface area contributed by atoms with E-state index in [1.165, 1.54) is 0 Å². The number of amides is 1. The fraction of sp³-hybridized carbons (Fsp3) is 0.958. The van der Waals surface area contributed by atoms with Crippen LogP contribution in [-0.4, -0.2) is 143 Å². The van der Waals surface area contributed by atoms with E-state index in [2.05, 4.69) is 10.6 Å². The summed E-state index contributed by atoms with van der Waals surface area (Å²) in [6.07, 6.45) is -10.3. The Balaban J connectivity index is 1.85. The Morgan fingerprint density at radius 2 is 1.70 bits per heavy atom. The van der Waals surface area contributed by atoms with Gasteiger partial charge in [-0.2, -0.15) is 0 Å². The highest BCUT2D eigenvalue weighted by molar-refractivity contribution is 5.80. The topological polar surface area (TPSA) is 283 Å². The number of likely N-dealkylation sites (N-methyl/N-ethyl adjacent to an activating group) is 1. The smallest absolute Gasteiger partial charge is 0.249 e. The van der Waals surface area contributed by atoms with Crippen molar-refractivity contribution in [3.8, 4) is 0 Å². The molecule has 3 rings (SSSR count). The molecule has 2 heterocycles. The molecule has 1 aliphatic carbocycles. The second kappa shape index (κ2) is 15.4. The summed E-state index contributed by atoms with van der Waals surface area (Å²) in [5, 5.41) is 58.5. The number of hydrogen-bond acceptors (Lipinski definition) is 15. The minimum absolute atomic E-state index is 0.00846. The summed E-state index contributed by atoms with van der Waals surface area (Å²) in [5.74, 6) is -0.745. The van der Waals surface area contributed by atoms with Crippen molar-refractivity contribution in [1.82, 2.24) is 10.6 Å². The Bertz CT molecular complexity index is 788. The van der Waals surface area contributed by atoms with Gasteiger partial charge in [-0.3, -0.25) is 4.79 Å². The van der Waals surface area contributed by atoms with Crippen molar-refractivity contribution >= 4 is 5.91 Å². The first-order valence-electron chi connectivity index (χ1n) is 14.0. The normalized spacial score (nSPS) is 43.3. The third-order valence-electron chi connectivity index (χ3n) is 7.76. The van der Waals surface area contributed by atoms with E-state index in [9.17, 15) is 30.3 Å². The zero-order valence-electron chi connectivity index (χ0n) is 22.8. The lowest BCUT2D eigenvalue weighted by atomic mass is 9.83. The Morgan fingerprint density at radius 3 is 2.33 bits per heavy atom. The molecule has 0 radical (unpaired) electrons. The summed E-state index contributed by atoms with van der Waals surface area (Å²) < 4.78 is 23.7. The Hall–Kier alpha value is -1.09. The molecule has 234 valence electrons. The fourth-order valence-corrected chi connectivity index (χ4v) is 5.47. The van der Waals surface area contributed by atoms with Crippen LogP contribution >= 0.6 is 0 Å². The maximum atomic E-state index is 12.7. The highest BCUT2D eigenvalue weighted by Crippen LogP contribution is 2.31. The summed E-state index contributed by atoms with van der Waals surface area (Å²) in [7, 11) is 0. The summed E-state index contributed by atoms with van der Waals surface area (Å²) in [6, 6.07) is -3.19. The molecule has 2 aliphatic heterocycles.